The third-order valence-electron chi connectivity index (χ3n) is 6.69. The molecule has 4 heterocycles. The number of rotatable bonds is 9. The number of phosphoric acid groups is 1. The second-order valence-electron chi connectivity index (χ2n) is 10.7. The number of hydrogen-bond donors (Lipinski definition) is 3. The number of fused-ring (bicyclic) bond motifs is 1. The van der Waals surface area contributed by atoms with E-state index >= 15 is 4.39 Å². The Morgan fingerprint density at radius 1 is 1.43 bits per heavy atom. The van der Waals surface area contributed by atoms with Crippen LogP contribution < -0.4 is 11.1 Å². The number of hydrogen-bond acceptors (Lipinski definition) is 13. The number of anilines is 1. The van der Waals surface area contributed by atoms with Gasteiger partial charge in [0.15, 0.2) is 11.9 Å². The maximum absolute atomic E-state index is 16.1. The van der Waals surface area contributed by atoms with E-state index in [1.165, 1.54) is 12.1 Å². The van der Waals surface area contributed by atoms with Crippen molar-refractivity contribution in [3.05, 3.63) is 24.2 Å². The number of carbonyl (C=O) groups excluding carboxylic acids is 2. The number of nitrogens with one attached hydrogen (secondary N) is 1. The van der Waals surface area contributed by atoms with Gasteiger partial charge in [0, 0.05) is 12.0 Å². The molecule has 2 aromatic rings. The molecule has 15 nitrogen and oxygen atoms in total. The van der Waals surface area contributed by atoms with Crippen molar-refractivity contribution >= 4 is 47.0 Å². The predicted molar refractivity (Wildman–Crippen MR) is 145 cm³/mol. The van der Waals surface area contributed by atoms with Gasteiger partial charge in [0.2, 0.25) is 16.1 Å². The van der Waals surface area contributed by atoms with Gasteiger partial charge in [-0.15, -0.1) is 0 Å². The number of carbonyl (C=O) groups is 2. The lowest BCUT2D eigenvalue weighted by Gasteiger charge is -2.39. The molecule has 2 aromatic heterocycles. The molecule has 2 unspecified atom stereocenters. The highest BCUT2D eigenvalue weighted by atomic mass is 79.9. The van der Waals surface area contributed by atoms with E-state index < -0.39 is 60.2 Å². The van der Waals surface area contributed by atoms with Crippen molar-refractivity contribution in [2.45, 2.75) is 68.7 Å². The van der Waals surface area contributed by atoms with Gasteiger partial charge in [-0.3, -0.25) is 23.2 Å². The molecule has 230 valence electrons. The summed E-state index contributed by atoms with van der Waals surface area (Å²) in [6, 6.07) is 4.56. The number of nitriles is 1. The molecule has 0 saturated carbocycles. The molecule has 18 heteroatoms. The average molecular weight is 677 g/mol. The summed E-state index contributed by atoms with van der Waals surface area (Å²) in [5, 5.41) is 27.5. The van der Waals surface area contributed by atoms with Crippen LogP contribution in [0.15, 0.2) is 18.5 Å². The van der Waals surface area contributed by atoms with Gasteiger partial charge < -0.3 is 25.6 Å². The average Bonchev–Trinajstić information content (AvgIpc) is 3.43. The Hall–Kier alpha value is -2.71. The summed E-state index contributed by atoms with van der Waals surface area (Å²) in [4.78, 5) is 28.5. The number of phosphoric ester groups is 1. The van der Waals surface area contributed by atoms with Gasteiger partial charge >= 0.3 is 13.8 Å². The number of aliphatic hydroxyl groups excluding tert-OH is 1. The van der Waals surface area contributed by atoms with Crippen molar-refractivity contribution in [3.8, 4) is 6.07 Å². The van der Waals surface area contributed by atoms with E-state index in [1.54, 1.807) is 33.8 Å². The number of amides is 1. The number of aliphatic hydroxyl groups is 1. The first-order valence-electron chi connectivity index (χ1n) is 12.9. The minimum Gasteiger partial charge on any atom is -0.463 e. The third kappa shape index (κ3) is 5.89. The summed E-state index contributed by atoms with van der Waals surface area (Å²) in [6.07, 6.45) is -4.19. The van der Waals surface area contributed by atoms with Gasteiger partial charge in [-0.1, -0.05) is 13.8 Å². The number of halogens is 2. The van der Waals surface area contributed by atoms with Crippen molar-refractivity contribution in [3.63, 3.8) is 0 Å². The Balaban J connectivity index is 1.47. The van der Waals surface area contributed by atoms with Gasteiger partial charge in [0.25, 0.3) is 0 Å². The van der Waals surface area contributed by atoms with E-state index in [-0.39, 0.29) is 42.7 Å². The van der Waals surface area contributed by atoms with E-state index in [2.05, 4.69) is 31.3 Å². The fraction of sp³-hybridized carbons (Fsp3) is 0.625. The van der Waals surface area contributed by atoms with Gasteiger partial charge in [-0.2, -0.15) is 10.4 Å². The maximum Gasteiger partial charge on any atom is 0.475 e. The zero-order chi connectivity index (χ0) is 31.1. The summed E-state index contributed by atoms with van der Waals surface area (Å²) in [7, 11) is -4.46. The molecule has 2 aliphatic rings. The smallest absolute Gasteiger partial charge is 0.463 e. The molecule has 0 radical (unpaired) electrons. The number of nitrogen functional groups attached to an aromatic ring is 1. The van der Waals surface area contributed by atoms with Crippen LogP contribution in [0.5, 0.6) is 0 Å². The molecule has 42 heavy (non-hydrogen) atoms. The molecule has 4 rings (SSSR count). The Morgan fingerprint density at radius 3 is 2.81 bits per heavy atom. The van der Waals surface area contributed by atoms with Crippen molar-refractivity contribution in [2.75, 3.05) is 25.5 Å². The lowest BCUT2D eigenvalue weighted by Crippen LogP contribution is -2.50. The Morgan fingerprint density at radius 2 is 2.14 bits per heavy atom. The lowest BCUT2D eigenvalue weighted by atomic mass is 9.87. The number of nitrogens with two attached hydrogens (primary N) is 1. The summed E-state index contributed by atoms with van der Waals surface area (Å²) in [5.41, 5.74) is 2.59. The van der Waals surface area contributed by atoms with Crippen LogP contribution in [0.25, 0.3) is 5.52 Å². The highest BCUT2D eigenvalue weighted by Gasteiger charge is 2.69. The number of esters is 1. The van der Waals surface area contributed by atoms with Crippen LogP contribution in [0.2, 0.25) is 0 Å². The van der Waals surface area contributed by atoms with Crippen molar-refractivity contribution in [2.24, 2.45) is 5.41 Å². The zero-order valence-corrected chi connectivity index (χ0v) is 25.6. The van der Waals surface area contributed by atoms with Crippen LogP contribution in [-0.2, 0) is 42.8 Å². The maximum atomic E-state index is 16.1. The molecular weight excluding hydrogens is 646 g/mol. The van der Waals surface area contributed by atoms with Crippen molar-refractivity contribution < 1.29 is 46.7 Å². The highest BCUT2D eigenvalue weighted by Crippen LogP contribution is 2.59. The number of alkyl halides is 2. The second-order valence-corrected chi connectivity index (χ2v) is 13.5. The standard InChI is InChI=1S/C24H31BrFN6O9P/c1-13(2)39-17(33)7-8-29-21(35)19-22(3,4)11-38-42(36,41-19)37-9-15-18(34)24(25,26)23(10-27,40-15)16-6-5-14-20(28)30-12-31-32(14)16/h5-6,12-13,15,18-19,34H,7-9,11H2,1-4H3,(H,29,35)(H2,28,30,31)/t15-,18?,19+,23+,24-,42?/m1/s1. The minimum atomic E-state index is -4.46. The molecular formula is C24H31BrFN6O9P. The summed E-state index contributed by atoms with van der Waals surface area (Å²) in [6.45, 7) is 5.63. The summed E-state index contributed by atoms with van der Waals surface area (Å²) >= 11 is 2.80. The molecule has 2 saturated heterocycles. The van der Waals surface area contributed by atoms with E-state index in [0.29, 0.717) is 0 Å². The monoisotopic (exact) mass is 676 g/mol. The first kappa shape index (κ1) is 32.2. The summed E-state index contributed by atoms with van der Waals surface area (Å²) < 4.78 is 54.7. The Kier molecular flexibility index (Phi) is 9.02. The fourth-order valence-corrected chi connectivity index (χ4v) is 6.84. The van der Waals surface area contributed by atoms with Gasteiger partial charge in [0.05, 0.1) is 31.4 Å². The zero-order valence-electron chi connectivity index (χ0n) is 23.2. The Bertz CT molecular complexity index is 1450. The molecule has 2 fully saturated rings. The van der Waals surface area contributed by atoms with Gasteiger partial charge in [0.1, 0.15) is 30.1 Å². The topological polar surface area (TPSA) is 210 Å². The van der Waals surface area contributed by atoms with E-state index in [9.17, 15) is 24.5 Å². The first-order valence-corrected chi connectivity index (χ1v) is 15.1. The van der Waals surface area contributed by atoms with Gasteiger partial charge in [-0.25, -0.2) is 18.5 Å². The van der Waals surface area contributed by atoms with E-state index in [0.717, 1.165) is 10.8 Å². The summed E-state index contributed by atoms with van der Waals surface area (Å²) in [5.74, 6) is -1.12. The van der Waals surface area contributed by atoms with Gasteiger partial charge in [-0.05, 0) is 41.9 Å². The number of aromatic nitrogens is 3. The highest BCUT2D eigenvalue weighted by molar-refractivity contribution is 9.10. The number of ether oxygens (including phenoxy) is 2. The van der Waals surface area contributed by atoms with E-state index in [4.69, 9.17) is 28.8 Å². The van der Waals surface area contributed by atoms with Crippen LogP contribution in [-0.4, -0.2) is 80.3 Å². The largest absolute Gasteiger partial charge is 0.475 e. The number of nitrogens with zero attached hydrogens (tertiary/aromatic N) is 4. The molecule has 4 N–H and O–H groups in total. The van der Waals surface area contributed by atoms with Crippen LogP contribution in [0, 0.1) is 16.7 Å². The van der Waals surface area contributed by atoms with Crippen molar-refractivity contribution in [1.82, 2.24) is 19.9 Å². The normalized spacial score (nSPS) is 32.5. The first-order chi connectivity index (χ1) is 19.6. The lowest BCUT2D eigenvalue weighted by molar-refractivity contribution is -0.147. The van der Waals surface area contributed by atoms with Crippen LogP contribution >= 0.6 is 23.8 Å². The van der Waals surface area contributed by atoms with Crippen LogP contribution in [0.3, 0.4) is 0 Å². The van der Waals surface area contributed by atoms with Crippen LogP contribution in [0.4, 0.5) is 10.2 Å². The predicted octanol–water partition coefficient (Wildman–Crippen LogP) is 1.87. The van der Waals surface area contributed by atoms with Crippen LogP contribution in [0.1, 0.15) is 39.8 Å². The molecule has 6 atom stereocenters. The fourth-order valence-electron chi connectivity index (χ4n) is 4.51. The quantitative estimate of drug-likeness (QED) is 0.197. The SMILES string of the molecule is CC(C)OC(=O)CCNC(=O)[C@@H]1OP(=O)(OC[C@H]2O[C@@](C#N)(c3ccc4c(N)ncnn34)[C@@](F)(Br)C2O)OCC1(C)C. The molecule has 0 bridgehead atoms. The minimum absolute atomic E-state index is 0.0560. The molecule has 0 aromatic carbocycles. The molecule has 0 aliphatic carbocycles. The van der Waals surface area contributed by atoms with Crippen molar-refractivity contribution in [1.29, 1.82) is 5.26 Å². The van der Waals surface area contributed by atoms with E-state index in [1.807, 2.05) is 0 Å². The molecule has 2 aliphatic heterocycles. The molecule has 1 amide bonds. The molecule has 0 spiro atoms. The second kappa shape index (κ2) is 11.8. The third-order valence-corrected chi connectivity index (χ3v) is 9.10. The Labute approximate surface area is 248 Å².